The maximum Gasteiger partial charge on any atom is 0.305 e. The van der Waals surface area contributed by atoms with Gasteiger partial charge in [-0.2, -0.15) is 0 Å². The standard InChI is InChI=1S/C63H115NO10/c1-3-5-7-9-11-13-14-15-24-28-31-35-39-43-47-51-59(68)72-52-48-44-40-36-32-29-26-23-21-19-17-16-18-20-22-25-27-30-34-38-42-46-50-58(67)64-55(56(66)49-45-41-37-33-12-10-8-6-4-2)54-73-63-62(71)61(70)60(69)57(53-65)74-63/h11,13,15,18,20,24,45,49,55-57,60-63,65-66,69-71H,3-10,12,14,16-17,19,21-23,25-44,46-48,50-54H2,1-2H3,(H,64,67)/b13-11-,20-18-,24-15-,49-45+. The summed E-state index contributed by atoms with van der Waals surface area (Å²) in [6.07, 6.45) is 56.5. The van der Waals surface area contributed by atoms with Gasteiger partial charge in [-0.1, -0.05) is 223 Å². The maximum atomic E-state index is 13.0. The number of aliphatic hydroxyl groups is 5. The van der Waals surface area contributed by atoms with Crippen molar-refractivity contribution in [3.05, 3.63) is 48.6 Å². The molecule has 74 heavy (non-hydrogen) atoms. The predicted molar refractivity (Wildman–Crippen MR) is 306 cm³/mol. The summed E-state index contributed by atoms with van der Waals surface area (Å²) in [5.74, 6) is -0.209. The Morgan fingerprint density at radius 2 is 0.905 bits per heavy atom. The number of hydrogen-bond acceptors (Lipinski definition) is 10. The van der Waals surface area contributed by atoms with E-state index in [4.69, 9.17) is 14.2 Å². The van der Waals surface area contributed by atoms with E-state index in [2.05, 4.69) is 55.6 Å². The second kappa shape index (κ2) is 52.7. The van der Waals surface area contributed by atoms with Gasteiger partial charge >= 0.3 is 5.97 Å². The molecular weight excluding hydrogens is 931 g/mol. The zero-order chi connectivity index (χ0) is 53.8. The lowest BCUT2D eigenvalue weighted by molar-refractivity contribution is -0.302. The number of carbonyl (C=O) groups is 2. The van der Waals surface area contributed by atoms with Crippen molar-refractivity contribution < 1.29 is 49.3 Å². The van der Waals surface area contributed by atoms with E-state index in [9.17, 15) is 35.1 Å². The average molecular weight is 1050 g/mol. The third-order valence-electron chi connectivity index (χ3n) is 14.4. The lowest BCUT2D eigenvalue weighted by atomic mass is 9.99. The fraction of sp³-hybridized carbons (Fsp3) is 0.841. The summed E-state index contributed by atoms with van der Waals surface area (Å²) < 4.78 is 16.7. The van der Waals surface area contributed by atoms with E-state index in [0.29, 0.717) is 19.4 Å². The van der Waals surface area contributed by atoms with Gasteiger partial charge in [0, 0.05) is 12.8 Å². The smallest absolute Gasteiger partial charge is 0.305 e. The van der Waals surface area contributed by atoms with Crippen molar-refractivity contribution in [2.45, 2.75) is 320 Å². The van der Waals surface area contributed by atoms with E-state index < -0.39 is 49.5 Å². The molecule has 432 valence electrons. The number of unbranched alkanes of at least 4 members (excludes halogenated alkanes) is 33. The van der Waals surface area contributed by atoms with Gasteiger partial charge in [0.25, 0.3) is 0 Å². The van der Waals surface area contributed by atoms with Crippen LogP contribution in [0.4, 0.5) is 0 Å². The number of aliphatic hydroxyl groups excluding tert-OH is 5. The van der Waals surface area contributed by atoms with Crippen LogP contribution < -0.4 is 5.32 Å². The molecule has 0 saturated carbocycles. The summed E-state index contributed by atoms with van der Waals surface area (Å²) in [7, 11) is 0. The lowest BCUT2D eigenvalue weighted by Gasteiger charge is -2.40. The molecule has 1 aliphatic heterocycles. The van der Waals surface area contributed by atoms with Crippen LogP contribution in [0.1, 0.15) is 277 Å². The van der Waals surface area contributed by atoms with E-state index in [1.165, 1.54) is 161 Å². The Hall–Kier alpha value is -2.38. The van der Waals surface area contributed by atoms with Gasteiger partial charge in [0.2, 0.25) is 5.91 Å². The molecule has 0 spiro atoms. The van der Waals surface area contributed by atoms with Crippen molar-refractivity contribution in [1.29, 1.82) is 0 Å². The van der Waals surface area contributed by atoms with Crippen LogP contribution in [0.15, 0.2) is 48.6 Å². The molecule has 1 aliphatic rings. The highest BCUT2D eigenvalue weighted by Crippen LogP contribution is 2.23. The van der Waals surface area contributed by atoms with Crippen LogP contribution in [0.3, 0.4) is 0 Å². The number of allylic oxidation sites excluding steroid dienone is 7. The Morgan fingerprint density at radius 3 is 1.41 bits per heavy atom. The first-order valence-corrected chi connectivity index (χ1v) is 30.9. The largest absolute Gasteiger partial charge is 0.466 e. The SMILES string of the molecule is CCCCC/C=C\C/C=C\CCCCCCCC(=O)OCCCCCCCCCCCCC/C=C\CCCCCCCCCC(=O)NC(COC1OC(CO)C(O)C(O)C1O)C(O)/C=C/CCCCCCCCC. The molecule has 0 aliphatic carbocycles. The summed E-state index contributed by atoms with van der Waals surface area (Å²) in [6.45, 7) is 4.27. The molecule has 0 aromatic heterocycles. The molecule has 6 N–H and O–H groups in total. The highest BCUT2D eigenvalue weighted by atomic mass is 16.7. The second-order valence-electron chi connectivity index (χ2n) is 21.4. The number of ether oxygens (including phenoxy) is 3. The van der Waals surface area contributed by atoms with Crippen LogP contribution in [0, 0.1) is 0 Å². The molecule has 7 atom stereocenters. The molecule has 0 aromatic carbocycles. The van der Waals surface area contributed by atoms with Crippen LogP contribution in [-0.2, 0) is 23.8 Å². The normalized spacial score (nSPS) is 19.1. The van der Waals surface area contributed by atoms with Crippen LogP contribution in [0.25, 0.3) is 0 Å². The zero-order valence-electron chi connectivity index (χ0n) is 47.6. The Labute approximate surface area is 453 Å². The molecule has 11 nitrogen and oxygen atoms in total. The summed E-state index contributed by atoms with van der Waals surface area (Å²) in [5, 5.41) is 54.2. The molecule has 1 amide bonds. The maximum absolute atomic E-state index is 13.0. The minimum atomic E-state index is -1.57. The van der Waals surface area contributed by atoms with E-state index in [1.807, 2.05) is 6.08 Å². The average Bonchev–Trinajstić information content (AvgIpc) is 3.40. The van der Waals surface area contributed by atoms with Crippen molar-refractivity contribution in [1.82, 2.24) is 5.32 Å². The fourth-order valence-electron chi connectivity index (χ4n) is 9.46. The first-order valence-electron chi connectivity index (χ1n) is 30.9. The van der Waals surface area contributed by atoms with E-state index in [-0.39, 0.29) is 18.5 Å². The van der Waals surface area contributed by atoms with Gasteiger partial charge in [-0.15, -0.1) is 0 Å². The summed E-state index contributed by atoms with van der Waals surface area (Å²) in [4.78, 5) is 25.1. The molecule has 0 aromatic rings. The lowest BCUT2D eigenvalue weighted by Crippen LogP contribution is -2.60. The predicted octanol–water partition coefficient (Wildman–Crippen LogP) is 14.5. The van der Waals surface area contributed by atoms with Crippen LogP contribution in [0.5, 0.6) is 0 Å². The van der Waals surface area contributed by atoms with E-state index >= 15 is 0 Å². The first-order chi connectivity index (χ1) is 36.2. The van der Waals surface area contributed by atoms with Crippen LogP contribution >= 0.6 is 0 Å². The number of nitrogens with one attached hydrogen (secondary N) is 1. The molecule has 1 saturated heterocycles. The van der Waals surface area contributed by atoms with E-state index in [0.717, 1.165) is 89.9 Å². The molecule has 1 rings (SSSR count). The molecule has 1 fully saturated rings. The van der Waals surface area contributed by atoms with Gasteiger partial charge in [-0.05, 0) is 89.9 Å². The fourth-order valence-corrected chi connectivity index (χ4v) is 9.46. The van der Waals surface area contributed by atoms with Gasteiger partial charge in [0.15, 0.2) is 6.29 Å². The number of carbonyl (C=O) groups excluding carboxylic acids is 2. The molecule has 0 bridgehead atoms. The number of esters is 1. The monoisotopic (exact) mass is 1050 g/mol. The third-order valence-corrected chi connectivity index (χ3v) is 14.4. The van der Waals surface area contributed by atoms with Crippen molar-refractivity contribution in [2.75, 3.05) is 19.8 Å². The second-order valence-corrected chi connectivity index (χ2v) is 21.4. The number of amides is 1. The van der Waals surface area contributed by atoms with Crippen molar-refractivity contribution >= 4 is 11.9 Å². The summed E-state index contributed by atoms with van der Waals surface area (Å²) in [6, 6.07) is -0.814. The number of rotatable bonds is 53. The van der Waals surface area contributed by atoms with Gasteiger partial charge in [-0.25, -0.2) is 0 Å². The van der Waals surface area contributed by atoms with Gasteiger partial charge < -0.3 is 45.1 Å². The highest BCUT2D eigenvalue weighted by Gasteiger charge is 2.44. The quantitative estimate of drug-likeness (QED) is 0.0195. The van der Waals surface area contributed by atoms with Crippen molar-refractivity contribution in [2.24, 2.45) is 0 Å². The molecule has 7 unspecified atom stereocenters. The van der Waals surface area contributed by atoms with Gasteiger partial charge in [0.1, 0.15) is 24.4 Å². The topological polar surface area (TPSA) is 175 Å². The van der Waals surface area contributed by atoms with E-state index in [1.54, 1.807) is 6.08 Å². The first kappa shape index (κ1) is 69.6. The van der Waals surface area contributed by atoms with Gasteiger partial charge in [0.05, 0.1) is 32.0 Å². The Bertz CT molecular complexity index is 1370. The highest BCUT2D eigenvalue weighted by molar-refractivity contribution is 5.76. The minimum absolute atomic E-state index is 0.0170. The Kier molecular flexibility index (Phi) is 49.6. The Balaban J connectivity index is 2.00. The molecule has 1 heterocycles. The van der Waals surface area contributed by atoms with Crippen molar-refractivity contribution in [3.63, 3.8) is 0 Å². The van der Waals surface area contributed by atoms with Gasteiger partial charge in [-0.3, -0.25) is 9.59 Å². The zero-order valence-corrected chi connectivity index (χ0v) is 47.6. The van der Waals surface area contributed by atoms with Crippen LogP contribution in [-0.4, -0.2) is 100 Å². The number of hydrogen-bond donors (Lipinski definition) is 6. The molecule has 0 radical (unpaired) electrons. The van der Waals surface area contributed by atoms with Crippen LogP contribution in [0.2, 0.25) is 0 Å². The molecule has 11 heteroatoms. The van der Waals surface area contributed by atoms with Crippen molar-refractivity contribution in [3.8, 4) is 0 Å². The summed E-state index contributed by atoms with van der Waals surface area (Å²) >= 11 is 0. The molecular formula is C63H115NO10. The third kappa shape index (κ3) is 41.7. The minimum Gasteiger partial charge on any atom is -0.466 e. The Morgan fingerprint density at radius 1 is 0.500 bits per heavy atom. The summed E-state index contributed by atoms with van der Waals surface area (Å²) in [5.41, 5.74) is 0.